The lowest BCUT2D eigenvalue weighted by Gasteiger charge is -2.07. The Morgan fingerprint density at radius 2 is 1.35 bits per heavy atom. The molecule has 0 unspecified atom stereocenters. The van der Waals surface area contributed by atoms with Crippen LogP contribution in [0.25, 0.3) is 10.4 Å². The molecule has 23 heavy (non-hydrogen) atoms. The summed E-state index contributed by atoms with van der Waals surface area (Å²) in [6.45, 7) is 4.36. The van der Waals surface area contributed by atoms with Crippen molar-refractivity contribution in [3.05, 3.63) is 45.3 Å². The van der Waals surface area contributed by atoms with Crippen molar-refractivity contribution in [3.63, 3.8) is 0 Å². The highest BCUT2D eigenvalue weighted by molar-refractivity contribution is 6.30. The summed E-state index contributed by atoms with van der Waals surface area (Å²) >= 11 is 5.81. The molecule has 0 fully saturated rings. The summed E-state index contributed by atoms with van der Waals surface area (Å²) in [4.78, 5) is 2.63. The Labute approximate surface area is 141 Å². The van der Waals surface area contributed by atoms with Crippen molar-refractivity contribution in [3.8, 4) is 0 Å². The van der Waals surface area contributed by atoms with Gasteiger partial charge < -0.3 is 18.9 Å². The van der Waals surface area contributed by atoms with E-state index in [1.54, 1.807) is 0 Å². The third-order valence-corrected chi connectivity index (χ3v) is 2.95. The van der Waals surface area contributed by atoms with Gasteiger partial charge in [-0.25, -0.2) is 0 Å². The van der Waals surface area contributed by atoms with Crippen LogP contribution in [0.15, 0.2) is 29.4 Å². The van der Waals surface area contributed by atoms with Gasteiger partial charge in [-0.15, -0.1) is 0 Å². The minimum absolute atomic E-state index is 0.343. The van der Waals surface area contributed by atoms with E-state index < -0.39 is 0 Å². The van der Waals surface area contributed by atoms with Crippen molar-refractivity contribution in [1.29, 1.82) is 0 Å². The van der Waals surface area contributed by atoms with E-state index >= 15 is 0 Å². The lowest BCUT2D eigenvalue weighted by molar-refractivity contribution is -0.00334. The third kappa shape index (κ3) is 11.8. The quantitative estimate of drug-likeness (QED) is 0.224. The number of hydrogen-bond acceptors (Lipinski definition) is 5. The van der Waals surface area contributed by atoms with E-state index in [0.29, 0.717) is 59.4 Å². The molecule has 0 N–H and O–H groups in total. The molecule has 0 radical (unpaired) electrons. The number of ether oxygens (including phenoxy) is 4. The average Bonchev–Trinajstić information content (AvgIpc) is 2.57. The molecule has 128 valence electrons. The van der Waals surface area contributed by atoms with E-state index in [0.717, 1.165) is 10.6 Å². The normalized spacial score (nSPS) is 10.5. The lowest BCUT2D eigenvalue weighted by atomic mass is 10.2. The first-order valence-electron chi connectivity index (χ1n) is 7.39. The highest BCUT2D eigenvalue weighted by atomic mass is 35.5. The van der Waals surface area contributed by atoms with Gasteiger partial charge in [0.2, 0.25) is 0 Å². The van der Waals surface area contributed by atoms with Crippen LogP contribution in [0.4, 0.5) is 0 Å². The summed E-state index contributed by atoms with van der Waals surface area (Å²) in [5, 5.41) is 4.08. The average molecular weight is 344 g/mol. The number of azide groups is 1. The van der Waals surface area contributed by atoms with Gasteiger partial charge in [-0.05, 0) is 23.2 Å². The van der Waals surface area contributed by atoms with E-state index in [9.17, 15) is 0 Å². The van der Waals surface area contributed by atoms with E-state index in [1.165, 1.54) is 0 Å². The Hall–Kier alpha value is -1.34. The zero-order valence-electron chi connectivity index (χ0n) is 13.0. The third-order valence-electron chi connectivity index (χ3n) is 2.70. The van der Waals surface area contributed by atoms with Crippen molar-refractivity contribution in [2.24, 2.45) is 5.11 Å². The summed E-state index contributed by atoms with van der Waals surface area (Å²) in [5.41, 5.74) is 9.14. The topological polar surface area (TPSA) is 85.7 Å². The second-order valence-electron chi connectivity index (χ2n) is 4.47. The Morgan fingerprint density at radius 1 is 0.826 bits per heavy atom. The van der Waals surface area contributed by atoms with Crippen LogP contribution in [0.3, 0.4) is 0 Å². The van der Waals surface area contributed by atoms with Gasteiger partial charge in [0.25, 0.3) is 0 Å². The molecule has 0 amide bonds. The largest absolute Gasteiger partial charge is 0.379 e. The molecular formula is C15H22ClN3O4. The SMILES string of the molecule is [N-]=[N+]=NCCOCCOCCOCCOCc1ccc(Cl)cc1. The summed E-state index contributed by atoms with van der Waals surface area (Å²) in [6.07, 6.45) is 0. The second-order valence-corrected chi connectivity index (χ2v) is 4.91. The molecule has 8 heteroatoms. The van der Waals surface area contributed by atoms with Crippen LogP contribution >= 0.6 is 11.6 Å². The van der Waals surface area contributed by atoms with Gasteiger partial charge in [0, 0.05) is 16.5 Å². The number of halogens is 1. The van der Waals surface area contributed by atoms with Gasteiger partial charge in [-0.2, -0.15) is 0 Å². The van der Waals surface area contributed by atoms with Crippen molar-refractivity contribution in [2.45, 2.75) is 6.61 Å². The molecule has 0 aliphatic heterocycles. The smallest absolute Gasteiger partial charge is 0.0718 e. The lowest BCUT2D eigenvalue weighted by Crippen LogP contribution is -2.12. The maximum atomic E-state index is 8.06. The van der Waals surface area contributed by atoms with Crippen LogP contribution in [0.2, 0.25) is 5.02 Å². The molecule has 0 saturated heterocycles. The van der Waals surface area contributed by atoms with E-state index in [-0.39, 0.29) is 0 Å². The maximum Gasteiger partial charge on any atom is 0.0718 e. The fourth-order valence-corrected chi connectivity index (χ4v) is 1.71. The van der Waals surface area contributed by atoms with Gasteiger partial charge in [0.15, 0.2) is 0 Å². The van der Waals surface area contributed by atoms with Crippen LogP contribution < -0.4 is 0 Å². The molecule has 1 aromatic carbocycles. The first kappa shape index (κ1) is 19.7. The molecule has 0 aromatic heterocycles. The summed E-state index contributed by atoms with van der Waals surface area (Å²) in [5.74, 6) is 0. The predicted octanol–water partition coefficient (Wildman–Crippen LogP) is 3.22. The summed E-state index contributed by atoms with van der Waals surface area (Å²) in [7, 11) is 0. The van der Waals surface area contributed by atoms with Crippen LogP contribution in [-0.4, -0.2) is 52.8 Å². The summed E-state index contributed by atoms with van der Waals surface area (Å²) < 4.78 is 21.4. The van der Waals surface area contributed by atoms with E-state index in [2.05, 4.69) is 10.0 Å². The van der Waals surface area contributed by atoms with E-state index in [1.807, 2.05) is 24.3 Å². The van der Waals surface area contributed by atoms with Gasteiger partial charge >= 0.3 is 0 Å². The maximum absolute atomic E-state index is 8.06. The number of nitrogens with zero attached hydrogens (tertiary/aromatic N) is 3. The molecule has 0 spiro atoms. The van der Waals surface area contributed by atoms with Crippen LogP contribution in [-0.2, 0) is 25.6 Å². The van der Waals surface area contributed by atoms with Gasteiger partial charge in [0.05, 0.1) is 52.9 Å². The Bertz CT molecular complexity index is 453. The predicted molar refractivity (Wildman–Crippen MR) is 87.6 cm³/mol. The van der Waals surface area contributed by atoms with Crippen molar-refractivity contribution >= 4 is 11.6 Å². The van der Waals surface area contributed by atoms with Crippen LogP contribution in [0.1, 0.15) is 5.56 Å². The van der Waals surface area contributed by atoms with Gasteiger partial charge in [0.1, 0.15) is 0 Å². The molecule has 0 atom stereocenters. The molecular weight excluding hydrogens is 322 g/mol. The molecule has 0 heterocycles. The zero-order chi connectivity index (χ0) is 16.6. The minimum atomic E-state index is 0.343. The Morgan fingerprint density at radius 3 is 1.91 bits per heavy atom. The number of hydrogen-bond donors (Lipinski definition) is 0. The highest BCUT2D eigenvalue weighted by Gasteiger charge is 1.95. The molecule has 0 aliphatic carbocycles. The minimum Gasteiger partial charge on any atom is -0.379 e. The van der Waals surface area contributed by atoms with Crippen LogP contribution in [0.5, 0.6) is 0 Å². The fraction of sp³-hybridized carbons (Fsp3) is 0.600. The van der Waals surface area contributed by atoms with Gasteiger partial charge in [-0.1, -0.05) is 28.8 Å². The van der Waals surface area contributed by atoms with Crippen LogP contribution in [0, 0.1) is 0 Å². The number of rotatable bonds is 14. The molecule has 0 bridgehead atoms. The molecule has 0 aliphatic rings. The van der Waals surface area contributed by atoms with Crippen molar-refractivity contribution in [2.75, 3.05) is 52.8 Å². The monoisotopic (exact) mass is 343 g/mol. The standard InChI is InChI=1S/C15H22ClN3O4/c16-15-3-1-14(2-4-15)13-23-12-11-22-10-9-21-8-7-20-6-5-18-19-17/h1-4H,5-13H2. The Kier molecular flexibility index (Phi) is 12.2. The van der Waals surface area contributed by atoms with E-state index in [4.69, 9.17) is 36.1 Å². The van der Waals surface area contributed by atoms with Crippen molar-refractivity contribution in [1.82, 2.24) is 0 Å². The Balaban J connectivity index is 1.79. The first-order valence-corrected chi connectivity index (χ1v) is 7.77. The molecule has 1 aromatic rings. The molecule has 0 saturated carbocycles. The highest BCUT2D eigenvalue weighted by Crippen LogP contribution is 2.09. The molecule has 7 nitrogen and oxygen atoms in total. The van der Waals surface area contributed by atoms with Gasteiger partial charge in [-0.3, -0.25) is 0 Å². The first-order chi connectivity index (χ1) is 11.3. The van der Waals surface area contributed by atoms with Crippen molar-refractivity contribution < 1.29 is 18.9 Å². The molecule has 1 rings (SSSR count). The fourth-order valence-electron chi connectivity index (χ4n) is 1.58. The summed E-state index contributed by atoms with van der Waals surface area (Å²) in [6, 6.07) is 7.56. The second kappa shape index (κ2) is 14.3. The zero-order valence-corrected chi connectivity index (χ0v) is 13.8. The number of benzene rings is 1.